The van der Waals surface area contributed by atoms with Crippen molar-refractivity contribution in [2.45, 2.75) is 0 Å². The van der Waals surface area contributed by atoms with Gasteiger partial charge in [0, 0.05) is 21.5 Å². The molecule has 29 heavy (non-hydrogen) atoms. The van der Waals surface area contributed by atoms with Crippen LogP contribution in [0.25, 0.3) is 62.4 Å². The lowest BCUT2D eigenvalue weighted by molar-refractivity contribution is 1.21. The van der Waals surface area contributed by atoms with E-state index >= 15 is 0 Å². The minimum absolute atomic E-state index is 0.0284. The van der Waals surface area contributed by atoms with Gasteiger partial charge in [-0.05, 0) is 35.0 Å². The van der Waals surface area contributed by atoms with Crippen molar-refractivity contribution in [1.82, 2.24) is 8.80 Å². The zero-order chi connectivity index (χ0) is 19.0. The molecule has 0 aliphatic rings. The first kappa shape index (κ1) is 14.9. The number of hydrogen-bond donors (Lipinski definition) is 0. The van der Waals surface area contributed by atoms with E-state index in [0.717, 1.165) is 53.0 Å². The molecule has 136 valence electrons. The molecule has 7 aromatic heterocycles. The van der Waals surface area contributed by atoms with Crippen molar-refractivity contribution >= 4 is 96.4 Å². The second-order valence-corrected chi connectivity index (χ2v) is 10.3. The van der Waals surface area contributed by atoms with E-state index in [4.69, 9.17) is 0 Å². The Morgan fingerprint density at radius 1 is 0.621 bits per heavy atom. The van der Waals surface area contributed by atoms with Crippen LogP contribution in [0.5, 0.6) is 0 Å². The van der Waals surface area contributed by atoms with Crippen LogP contribution in [0.4, 0.5) is 0 Å². The van der Waals surface area contributed by atoms with Crippen molar-refractivity contribution in [1.29, 1.82) is 0 Å². The van der Waals surface area contributed by atoms with Crippen molar-refractivity contribution in [2.24, 2.45) is 0 Å². The molecule has 0 spiro atoms. The highest BCUT2D eigenvalue weighted by atomic mass is 32.1. The molecule has 0 N–H and O–H groups in total. The average Bonchev–Trinajstić information content (AvgIpc) is 3.49. The van der Waals surface area contributed by atoms with E-state index in [9.17, 15) is 9.59 Å². The highest BCUT2D eigenvalue weighted by Crippen LogP contribution is 2.42. The van der Waals surface area contributed by atoms with Crippen molar-refractivity contribution in [3.63, 3.8) is 0 Å². The highest BCUT2D eigenvalue weighted by molar-refractivity contribution is 7.26. The summed E-state index contributed by atoms with van der Waals surface area (Å²) >= 11 is 4.63. The zero-order valence-corrected chi connectivity index (χ0v) is 17.0. The SMILES string of the molecule is O=c1c2sc3c(=O)n4c5ccsc5cc4c4ccc(c2c34)c2cc3sccc3n12. The van der Waals surface area contributed by atoms with Crippen LogP contribution >= 0.6 is 34.0 Å². The molecule has 0 fully saturated rings. The Morgan fingerprint density at radius 2 is 1.10 bits per heavy atom. The van der Waals surface area contributed by atoms with Gasteiger partial charge in [0.25, 0.3) is 11.1 Å². The van der Waals surface area contributed by atoms with Gasteiger partial charge in [-0.25, -0.2) is 0 Å². The Labute approximate surface area is 172 Å². The molecule has 0 aliphatic carbocycles. The van der Waals surface area contributed by atoms with Crippen LogP contribution in [0.3, 0.4) is 0 Å². The van der Waals surface area contributed by atoms with Gasteiger partial charge in [0.1, 0.15) is 9.40 Å². The molecule has 0 atom stereocenters. The molecule has 0 unspecified atom stereocenters. The normalized spacial score (nSPS) is 13.1. The fraction of sp³-hybridized carbons (Fsp3) is 0. The molecule has 1 aromatic carbocycles. The van der Waals surface area contributed by atoms with E-state index in [0.29, 0.717) is 9.40 Å². The van der Waals surface area contributed by atoms with Gasteiger partial charge in [-0.1, -0.05) is 12.1 Å². The lowest BCUT2D eigenvalue weighted by Gasteiger charge is -2.06. The summed E-state index contributed by atoms with van der Waals surface area (Å²) in [5.41, 5.74) is 3.68. The van der Waals surface area contributed by atoms with Crippen LogP contribution in [0.1, 0.15) is 0 Å². The number of pyridine rings is 2. The second-order valence-electron chi connectivity index (χ2n) is 7.35. The van der Waals surface area contributed by atoms with Crippen LogP contribution in [0.15, 0.2) is 56.7 Å². The highest BCUT2D eigenvalue weighted by Gasteiger charge is 2.23. The lowest BCUT2D eigenvalue weighted by atomic mass is 10.0. The molecule has 7 heterocycles. The molecular weight excluding hydrogens is 420 g/mol. The van der Waals surface area contributed by atoms with Crippen molar-refractivity contribution in [3.05, 3.63) is 67.9 Å². The maximum Gasteiger partial charge on any atom is 0.273 e. The molecule has 0 amide bonds. The van der Waals surface area contributed by atoms with Gasteiger partial charge in [-0.3, -0.25) is 18.4 Å². The third kappa shape index (κ3) is 1.50. The molecule has 8 aromatic rings. The van der Waals surface area contributed by atoms with Crippen LogP contribution in [0.2, 0.25) is 0 Å². The molecular formula is C22H8N2O2S3. The van der Waals surface area contributed by atoms with Gasteiger partial charge < -0.3 is 0 Å². The van der Waals surface area contributed by atoms with Gasteiger partial charge in [0.2, 0.25) is 0 Å². The number of aromatic nitrogens is 2. The van der Waals surface area contributed by atoms with E-state index < -0.39 is 0 Å². The smallest absolute Gasteiger partial charge is 0.273 e. The molecule has 7 heteroatoms. The van der Waals surface area contributed by atoms with Gasteiger partial charge in [-0.15, -0.1) is 34.0 Å². The Balaban J connectivity index is 1.77. The van der Waals surface area contributed by atoms with E-state index in [1.807, 2.05) is 31.7 Å². The summed E-state index contributed by atoms with van der Waals surface area (Å²) in [6, 6.07) is 12.4. The zero-order valence-electron chi connectivity index (χ0n) is 14.6. The monoisotopic (exact) mass is 428 g/mol. The standard InChI is InChI=1S/C22H8N2O2S3/c25-21-19-17-9(13-7-15-11(23(13)21)3-5-27-15)1-2-10-14-8-16-12(4-6-28-16)24(14)22(26)20(29-19)18(10)17/h1-8H. The number of benzene rings is 1. The molecule has 8 rings (SSSR count). The van der Waals surface area contributed by atoms with E-state index in [-0.39, 0.29) is 11.1 Å². The molecule has 0 radical (unpaired) electrons. The first-order valence-electron chi connectivity index (χ1n) is 9.10. The predicted molar refractivity (Wildman–Crippen MR) is 124 cm³/mol. The van der Waals surface area contributed by atoms with Crippen LogP contribution < -0.4 is 11.1 Å². The summed E-state index contributed by atoms with van der Waals surface area (Å²) in [4.78, 5) is 27.0. The Kier molecular flexibility index (Phi) is 2.36. The Morgan fingerprint density at radius 3 is 1.59 bits per heavy atom. The number of fused-ring (bicyclic) bond motifs is 8. The number of thiophene rings is 3. The quantitative estimate of drug-likeness (QED) is 0.289. The van der Waals surface area contributed by atoms with E-state index in [1.54, 1.807) is 22.7 Å². The molecule has 0 saturated carbocycles. The van der Waals surface area contributed by atoms with Crippen molar-refractivity contribution < 1.29 is 0 Å². The molecule has 0 saturated heterocycles. The maximum absolute atomic E-state index is 13.5. The Hall–Kier alpha value is -3.00. The molecule has 0 bridgehead atoms. The summed E-state index contributed by atoms with van der Waals surface area (Å²) < 4.78 is 7.18. The van der Waals surface area contributed by atoms with E-state index in [2.05, 4.69) is 24.3 Å². The lowest BCUT2D eigenvalue weighted by Crippen LogP contribution is -2.11. The third-order valence-electron chi connectivity index (χ3n) is 6.06. The van der Waals surface area contributed by atoms with Crippen molar-refractivity contribution in [3.8, 4) is 0 Å². The fourth-order valence-electron chi connectivity index (χ4n) is 4.89. The first-order valence-corrected chi connectivity index (χ1v) is 11.7. The van der Waals surface area contributed by atoms with Crippen LogP contribution in [-0.2, 0) is 0 Å². The summed E-state index contributed by atoms with van der Waals surface area (Å²) in [6.45, 7) is 0. The average molecular weight is 429 g/mol. The largest absolute Gasteiger partial charge is 0.274 e. The minimum atomic E-state index is -0.0284. The molecule has 0 aliphatic heterocycles. The summed E-state index contributed by atoms with van der Waals surface area (Å²) in [5, 5.41) is 7.98. The number of rotatable bonds is 0. The summed E-state index contributed by atoms with van der Waals surface area (Å²) in [6.07, 6.45) is 0. The van der Waals surface area contributed by atoms with Gasteiger partial charge in [0.05, 0.1) is 31.5 Å². The minimum Gasteiger partial charge on any atom is -0.274 e. The topological polar surface area (TPSA) is 43.0 Å². The Bertz CT molecular complexity index is 1920. The summed E-state index contributed by atoms with van der Waals surface area (Å²) in [5.74, 6) is 0. The number of hydrogen-bond acceptors (Lipinski definition) is 5. The van der Waals surface area contributed by atoms with E-state index in [1.165, 1.54) is 11.3 Å². The van der Waals surface area contributed by atoms with Gasteiger partial charge >= 0.3 is 0 Å². The number of nitrogens with zero attached hydrogens (tertiary/aromatic N) is 2. The van der Waals surface area contributed by atoms with Crippen LogP contribution in [-0.4, -0.2) is 8.80 Å². The fourth-order valence-corrected chi connectivity index (χ4v) is 7.69. The predicted octanol–water partition coefficient (Wildman–Crippen LogP) is 5.74. The molecule has 4 nitrogen and oxygen atoms in total. The van der Waals surface area contributed by atoms with Gasteiger partial charge in [-0.2, -0.15) is 0 Å². The van der Waals surface area contributed by atoms with Crippen LogP contribution in [0, 0.1) is 0 Å². The first-order chi connectivity index (χ1) is 14.2. The third-order valence-corrected chi connectivity index (χ3v) is 8.93. The van der Waals surface area contributed by atoms with Gasteiger partial charge in [0.15, 0.2) is 0 Å². The van der Waals surface area contributed by atoms with Crippen molar-refractivity contribution in [2.75, 3.05) is 0 Å². The second kappa shape index (κ2) is 4.59. The summed E-state index contributed by atoms with van der Waals surface area (Å²) in [7, 11) is 0. The maximum atomic E-state index is 13.5.